The first-order valence-corrected chi connectivity index (χ1v) is 7.92. The number of amides is 1. The highest BCUT2D eigenvalue weighted by atomic mass is 19.4. The van der Waals surface area contributed by atoms with Crippen molar-refractivity contribution in [3.63, 3.8) is 0 Å². The Balaban J connectivity index is 1.80. The zero-order valence-corrected chi connectivity index (χ0v) is 14.1. The molecule has 0 aliphatic rings. The van der Waals surface area contributed by atoms with E-state index in [1.807, 2.05) is 30.3 Å². The Bertz CT molecular complexity index is 908. The van der Waals surface area contributed by atoms with Crippen molar-refractivity contribution in [3.8, 4) is 5.75 Å². The molecule has 0 aliphatic carbocycles. The number of rotatable bonds is 5. The van der Waals surface area contributed by atoms with Gasteiger partial charge in [-0.05, 0) is 36.8 Å². The molecule has 1 unspecified atom stereocenters. The van der Waals surface area contributed by atoms with Gasteiger partial charge < -0.3 is 10.1 Å². The number of carbonyl (C=O) groups excluding carboxylic acids is 1. The summed E-state index contributed by atoms with van der Waals surface area (Å²) in [5.41, 5.74) is 0.944. The first kappa shape index (κ1) is 18.4. The fourth-order valence-electron chi connectivity index (χ4n) is 2.45. The van der Waals surface area contributed by atoms with Gasteiger partial charge in [0.2, 0.25) is 0 Å². The predicted octanol–water partition coefficient (Wildman–Crippen LogP) is 3.53. The van der Waals surface area contributed by atoms with E-state index in [1.54, 1.807) is 6.92 Å². The fourth-order valence-corrected chi connectivity index (χ4v) is 2.45. The molecule has 140 valence electrons. The summed E-state index contributed by atoms with van der Waals surface area (Å²) in [5.74, 6) is 0.0889. The van der Waals surface area contributed by atoms with Crippen molar-refractivity contribution in [1.82, 2.24) is 20.5 Å². The maximum Gasteiger partial charge on any atom is 0.573 e. The number of benzene rings is 2. The van der Waals surface area contributed by atoms with Crippen molar-refractivity contribution in [2.45, 2.75) is 19.3 Å². The van der Waals surface area contributed by atoms with Gasteiger partial charge in [0.15, 0.2) is 5.82 Å². The van der Waals surface area contributed by atoms with E-state index in [-0.39, 0.29) is 5.56 Å². The Kier molecular flexibility index (Phi) is 5.11. The number of halogens is 3. The highest BCUT2D eigenvalue weighted by molar-refractivity contribution is 5.94. The predicted molar refractivity (Wildman–Crippen MR) is 90.0 cm³/mol. The van der Waals surface area contributed by atoms with Crippen LogP contribution in [0.25, 0.3) is 0 Å². The Hall–Kier alpha value is -3.36. The lowest BCUT2D eigenvalue weighted by Crippen LogP contribution is -2.30. The number of aromatic nitrogens is 3. The first-order chi connectivity index (χ1) is 12.8. The van der Waals surface area contributed by atoms with Gasteiger partial charge in [-0.3, -0.25) is 9.89 Å². The lowest BCUT2D eigenvalue weighted by atomic mass is 10.1. The number of ether oxygens (including phenoxy) is 1. The minimum absolute atomic E-state index is 0.178. The zero-order chi connectivity index (χ0) is 19.4. The van der Waals surface area contributed by atoms with Crippen molar-refractivity contribution >= 4 is 5.91 Å². The molecule has 0 aliphatic heterocycles. The van der Waals surface area contributed by atoms with E-state index < -0.39 is 24.1 Å². The SMILES string of the molecule is Cc1nc(C(NC(=O)c2ccc(OC(F)(F)F)cc2)c2ccccc2)n[nH]1. The molecule has 0 saturated heterocycles. The van der Waals surface area contributed by atoms with Gasteiger partial charge in [0.25, 0.3) is 5.91 Å². The minimum Gasteiger partial charge on any atom is -0.406 e. The zero-order valence-electron chi connectivity index (χ0n) is 14.1. The van der Waals surface area contributed by atoms with Crippen LogP contribution in [0, 0.1) is 6.92 Å². The third kappa shape index (κ3) is 4.84. The maximum atomic E-state index is 12.6. The van der Waals surface area contributed by atoms with Crippen molar-refractivity contribution in [2.75, 3.05) is 0 Å². The molecule has 1 aromatic heterocycles. The second kappa shape index (κ2) is 7.48. The lowest BCUT2D eigenvalue weighted by molar-refractivity contribution is -0.274. The van der Waals surface area contributed by atoms with Gasteiger partial charge in [0.1, 0.15) is 17.6 Å². The van der Waals surface area contributed by atoms with E-state index in [0.717, 1.165) is 17.7 Å². The molecule has 3 rings (SSSR count). The second-order valence-corrected chi connectivity index (χ2v) is 5.67. The molecule has 1 amide bonds. The first-order valence-electron chi connectivity index (χ1n) is 7.92. The molecule has 27 heavy (non-hydrogen) atoms. The molecule has 9 heteroatoms. The van der Waals surface area contributed by atoms with Gasteiger partial charge in [-0.2, -0.15) is 5.10 Å². The van der Waals surface area contributed by atoms with Gasteiger partial charge in [-0.15, -0.1) is 13.2 Å². The lowest BCUT2D eigenvalue weighted by Gasteiger charge is -2.16. The molecular weight excluding hydrogens is 361 g/mol. The average Bonchev–Trinajstić information content (AvgIpc) is 3.05. The summed E-state index contributed by atoms with van der Waals surface area (Å²) in [6, 6.07) is 13.2. The molecule has 0 fully saturated rings. The van der Waals surface area contributed by atoms with Gasteiger partial charge in [0, 0.05) is 5.56 Å². The highest BCUT2D eigenvalue weighted by Crippen LogP contribution is 2.23. The molecular formula is C18H15F3N4O2. The minimum atomic E-state index is -4.79. The summed E-state index contributed by atoms with van der Waals surface area (Å²) in [4.78, 5) is 16.8. The van der Waals surface area contributed by atoms with Crippen molar-refractivity contribution < 1.29 is 22.7 Å². The Labute approximate surface area is 152 Å². The molecule has 6 nitrogen and oxygen atoms in total. The van der Waals surface area contributed by atoms with Crippen LogP contribution in [0.4, 0.5) is 13.2 Å². The Morgan fingerprint density at radius 1 is 1.11 bits per heavy atom. The van der Waals surface area contributed by atoms with Crippen LogP contribution >= 0.6 is 0 Å². The standard InChI is InChI=1S/C18H15F3N4O2/c1-11-22-16(25-24-11)15(12-5-3-2-4-6-12)23-17(26)13-7-9-14(10-8-13)27-18(19,20)21/h2-10,15H,1H3,(H,23,26)(H,22,24,25). The second-order valence-electron chi connectivity index (χ2n) is 5.67. The molecule has 2 aromatic carbocycles. The molecule has 3 aromatic rings. The van der Waals surface area contributed by atoms with E-state index in [2.05, 4.69) is 25.2 Å². The average molecular weight is 376 g/mol. The number of hydrogen-bond acceptors (Lipinski definition) is 4. The van der Waals surface area contributed by atoms with Crippen molar-refractivity contribution in [2.24, 2.45) is 0 Å². The normalized spacial score (nSPS) is 12.4. The van der Waals surface area contributed by atoms with Crippen LogP contribution in [0.2, 0.25) is 0 Å². The van der Waals surface area contributed by atoms with Gasteiger partial charge in [-0.25, -0.2) is 4.98 Å². The van der Waals surface area contributed by atoms with Crippen LogP contribution in [0.3, 0.4) is 0 Å². The van der Waals surface area contributed by atoms with Gasteiger partial charge >= 0.3 is 6.36 Å². The third-order valence-corrected chi connectivity index (χ3v) is 3.63. The third-order valence-electron chi connectivity index (χ3n) is 3.63. The van der Waals surface area contributed by atoms with Gasteiger partial charge in [0.05, 0.1) is 0 Å². The van der Waals surface area contributed by atoms with Crippen LogP contribution in [0.15, 0.2) is 54.6 Å². The molecule has 1 atom stereocenters. The van der Waals surface area contributed by atoms with E-state index in [1.165, 1.54) is 12.1 Å². The largest absolute Gasteiger partial charge is 0.573 e. The highest BCUT2D eigenvalue weighted by Gasteiger charge is 2.31. The van der Waals surface area contributed by atoms with E-state index in [0.29, 0.717) is 11.6 Å². The van der Waals surface area contributed by atoms with Crippen LogP contribution in [0.5, 0.6) is 5.75 Å². The van der Waals surface area contributed by atoms with Crippen LogP contribution < -0.4 is 10.1 Å². The number of H-pyrrole nitrogens is 1. The van der Waals surface area contributed by atoms with Crippen LogP contribution in [-0.4, -0.2) is 27.5 Å². The summed E-state index contributed by atoms with van der Waals surface area (Å²) in [5, 5.41) is 9.62. The number of nitrogens with one attached hydrogen (secondary N) is 2. The monoisotopic (exact) mass is 376 g/mol. The number of alkyl halides is 3. The molecule has 0 spiro atoms. The van der Waals surface area contributed by atoms with Crippen molar-refractivity contribution in [1.29, 1.82) is 0 Å². The number of hydrogen-bond donors (Lipinski definition) is 2. The number of aromatic amines is 1. The smallest absolute Gasteiger partial charge is 0.406 e. The summed E-state index contributed by atoms with van der Waals surface area (Å²) in [6.07, 6.45) is -4.79. The van der Waals surface area contributed by atoms with Crippen LogP contribution in [-0.2, 0) is 0 Å². The molecule has 0 bridgehead atoms. The Morgan fingerprint density at radius 2 is 1.78 bits per heavy atom. The topological polar surface area (TPSA) is 79.9 Å². The Morgan fingerprint density at radius 3 is 2.33 bits per heavy atom. The van der Waals surface area contributed by atoms with E-state index in [4.69, 9.17) is 0 Å². The van der Waals surface area contributed by atoms with E-state index in [9.17, 15) is 18.0 Å². The summed E-state index contributed by atoms with van der Waals surface area (Å²) in [6.45, 7) is 1.74. The molecule has 2 N–H and O–H groups in total. The van der Waals surface area contributed by atoms with Crippen molar-refractivity contribution in [3.05, 3.63) is 77.4 Å². The molecule has 0 radical (unpaired) electrons. The van der Waals surface area contributed by atoms with Gasteiger partial charge in [-0.1, -0.05) is 30.3 Å². The van der Waals surface area contributed by atoms with E-state index >= 15 is 0 Å². The molecule has 1 heterocycles. The fraction of sp³-hybridized carbons (Fsp3) is 0.167. The number of nitrogens with zero attached hydrogens (tertiary/aromatic N) is 2. The van der Waals surface area contributed by atoms with Crippen LogP contribution in [0.1, 0.15) is 33.6 Å². The summed E-state index contributed by atoms with van der Waals surface area (Å²) >= 11 is 0. The quantitative estimate of drug-likeness (QED) is 0.714. The number of carbonyl (C=O) groups is 1. The number of aryl methyl sites for hydroxylation is 1. The summed E-state index contributed by atoms with van der Waals surface area (Å²) in [7, 11) is 0. The molecule has 0 saturated carbocycles. The summed E-state index contributed by atoms with van der Waals surface area (Å²) < 4.78 is 40.5. The maximum absolute atomic E-state index is 12.6.